The maximum Gasteiger partial charge on any atom is 0.240 e. The molecule has 3 nitrogen and oxygen atoms in total. The molecule has 0 amide bonds. The second-order valence-corrected chi connectivity index (χ2v) is 8.43. The van der Waals surface area contributed by atoms with Crippen LogP contribution in [-0.4, -0.2) is 19.8 Å². The number of fused-ring (bicyclic) bond motifs is 1. The molecule has 0 heterocycles. The van der Waals surface area contributed by atoms with Crippen LogP contribution in [0, 0.1) is 0 Å². The maximum atomic E-state index is 12.2. The molecule has 1 aliphatic rings. The Morgan fingerprint density at radius 2 is 2.05 bits per heavy atom. The summed E-state index contributed by atoms with van der Waals surface area (Å²) in [5.41, 5.74) is 2.49. The van der Waals surface area contributed by atoms with Crippen LogP contribution in [0.3, 0.4) is 0 Å². The highest BCUT2D eigenvalue weighted by Gasteiger charge is 2.17. The summed E-state index contributed by atoms with van der Waals surface area (Å²) in [6.07, 6.45) is 5.02. The van der Waals surface area contributed by atoms with Gasteiger partial charge in [0, 0.05) is 11.4 Å². The van der Waals surface area contributed by atoms with Gasteiger partial charge in [-0.1, -0.05) is 28.9 Å². The van der Waals surface area contributed by atoms with Crippen LogP contribution in [0.25, 0.3) is 0 Å². The van der Waals surface area contributed by atoms with Crippen LogP contribution >= 0.6 is 15.9 Å². The molecule has 0 saturated heterocycles. The molecule has 1 N–H and O–H groups in total. The van der Waals surface area contributed by atoms with Gasteiger partial charge in [0.15, 0.2) is 0 Å². The van der Waals surface area contributed by atoms with Gasteiger partial charge < -0.3 is 0 Å². The number of halogens is 1. The Morgan fingerprint density at radius 1 is 1.32 bits per heavy atom. The monoisotopic (exact) mass is 345 g/mol. The summed E-state index contributed by atoms with van der Waals surface area (Å²) in [6.45, 7) is 2.56. The molecule has 1 atom stereocenters. The molecule has 0 saturated carbocycles. The predicted octanol–water partition coefficient (Wildman–Crippen LogP) is 3.02. The van der Waals surface area contributed by atoms with Crippen molar-refractivity contribution in [2.24, 2.45) is 0 Å². The van der Waals surface area contributed by atoms with E-state index in [1.807, 2.05) is 12.1 Å². The Kier molecular flexibility index (Phi) is 5.03. The largest absolute Gasteiger partial charge is 0.240 e. The minimum Gasteiger partial charge on any atom is -0.211 e. The van der Waals surface area contributed by atoms with Gasteiger partial charge in [0.1, 0.15) is 0 Å². The normalized spacial score (nSPS) is 16.3. The maximum absolute atomic E-state index is 12.2. The van der Waals surface area contributed by atoms with Crippen LogP contribution < -0.4 is 4.72 Å². The van der Waals surface area contributed by atoms with E-state index >= 15 is 0 Å². The minimum atomic E-state index is -3.35. The highest BCUT2D eigenvalue weighted by Crippen LogP contribution is 2.24. The molecular formula is C14H20BrNO2S. The van der Waals surface area contributed by atoms with E-state index in [4.69, 9.17) is 0 Å². The summed E-state index contributed by atoms with van der Waals surface area (Å²) in [7, 11) is -3.35. The van der Waals surface area contributed by atoms with Crippen LogP contribution in [0.5, 0.6) is 0 Å². The van der Waals surface area contributed by atoms with Crippen molar-refractivity contribution in [1.82, 2.24) is 4.72 Å². The number of aryl methyl sites for hydroxylation is 2. The lowest BCUT2D eigenvalue weighted by Crippen LogP contribution is -2.25. The van der Waals surface area contributed by atoms with E-state index in [2.05, 4.69) is 27.6 Å². The quantitative estimate of drug-likeness (QED) is 0.636. The molecule has 0 radical (unpaired) electrons. The Morgan fingerprint density at radius 3 is 2.79 bits per heavy atom. The number of rotatable bonds is 6. The lowest BCUT2D eigenvalue weighted by molar-refractivity contribution is 0.576. The van der Waals surface area contributed by atoms with Crippen molar-refractivity contribution in [2.75, 3.05) is 6.54 Å². The van der Waals surface area contributed by atoms with Gasteiger partial charge in [-0.3, -0.25) is 0 Å². The van der Waals surface area contributed by atoms with E-state index in [-0.39, 0.29) is 0 Å². The first-order valence-corrected chi connectivity index (χ1v) is 9.14. The third kappa shape index (κ3) is 4.04. The third-order valence-electron chi connectivity index (χ3n) is 3.45. The summed E-state index contributed by atoms with van der Waals surface area (Å²) < 4.78 is 27.0. The van der Waals surface area contributed by atoms with Crippen molar-refractivity contribution >= 4 is 26.0 Å². The van der Waals surface area contributed by atoms with Crippen LogP contribution in [0.4, 0.5) is 0 Å². The molecule has 1 aliphatic carbocycles. The Bertz CT molecular complexity index is 540. The van der Waals surface area contributed by atoms with E-state index in [9.17, 15) is 8.42 Å². The van der Waals surface area contributed by atoms with E-state index in [1.165, 1.54) is 11.1 Å². The molecule has 0 spiro atoms. The average molecular weight is 346 g/mol. The Balaban J connectivity index is 1.99. The highest BCUT2D eigenvalue weighted by molar-refractivity contribution is 9.09. The van der Waals surface area contributed by atoms with Gasteiger partial charge in [0.25, 0.3) is 0 Å². The van der Waals surface area contributed by atoms with Gasteiger partial charge in [0.2, 0.25) is 10.0 Å². The van der Waals surface area contributed by atoms with Crippen molar-refractivity contribution in [3.8, 4) is 0 Å². The van der Waals surface area contributed by atoms with Gasteiger partial charge in [-0.15, -0.1) is 0 Å². The van der Waals surface area contributed by atoms with Crippen molar-refractivity contribution in [3.63, 3.8) is 0 Å². The second kappa shape index (κ2) is 6.37. The number of nitrogens with one attached hydrogen (secondary N) is 1. The molecule has 1 aromatic carbocycles. The number of benzene rings is 1. The third-order valence-corrected chi connectivity index (χ3v) is 5.37. The molecule has 5 heteroatoms. The number of hydrogen-bond acceptors (Lipinski definition) is 2. The van der Waals surface area contributed by atoms with Gasteiger partial charge in [-0.2, -0.15) is 0 Å². The van der Waals surface area contributed by atoms with Crippen LogP contribution in [-0.2, 0) is 22.9 Å². The molecule has 106 valence electrons. The Hall–Kier alpha value is -0.390. The fourth-order valence-corrected chi connectivity index (χ4v) is 3.84. The lowest BCUT2D eigenvalue weighted by atomic mass is 10.1. The summed E-state index contributed by atoms with van der Waals surface area (Å²) in [4.78, 5) is 0.831. The summed E-state index contributed by atoms with van der Waals surface area (Å²) in [5.74, 6) is 0. The van der Waals surface area contributed by atoms with Gasteiger partial charge in [0.05, 0.1) is 4.90 Å². The fraction of sp³-hybridized carbons (Fsp3) is 0.571. The first-order valence-electron chi connectivity index (χ1n) is 6.74. The zero-order valence-electron chi connectivity index (χ0n) is 11.2. The van der Waals surface area contributed by atoms with E-state index < -0.39 is 10.0 Å². The van der Waals surface area contributed by atoms with Crippen molar-refractivity contribution in [1.29, 1.82) is 0 Å². The number of sulfonamides is 1. The SMILES string of the molecule is CC(Br)CCCNS(=O)(=O)c1ccc2c(c1)CCC2. The zero-order chi connectivity index (χ0) is 13.9. The summed E-state index contributed by atoms with van der Waals surface area (Å²) >= 11 is 3.46. The van der Waals surface area contributed by atoms with Crippen molar-refractivity contribution < 1.29 is 8.42 Å². The molecule has 0 aromatic heterocycles. The average Bonchev–Trinajstić information content (AvgIpc) is 2.81. The summed E-state index contributed by atoms with van der Waals surface area (Å²) in [6, 6.07) is 5.51. The van der Waals surface area contributed by atoms with Crippen LogP contribution in [0.15, 0.2) is 23.1 Å². The fourth-order valence-electron chi connectivity index (χ4n) is 2.39. The number of hydrogen-bond donors (Lipinski definition) is 1. The van der Waals surface area contributed by atoms with Crippen molar-refractivity contribution in [2.45, 2.75) is 48.8 Å². The zero-order valence-corrected chi connectivity index (χ0v) is 13.6. The lowest BCUT2D eigenvalue weighted by Gasteiger charge is -2.09. The second-order valence-electron chi connectivity index (χ2n) is 5.10. The Labute approximate surface area is 124 Å². The van der Waals surface area contributed by atoms with Crippen molar-refractivity contribution in [3.05, 3.63) is 29.3 Å². The molecular weight excluding hydrogens is 326 g/mol. The van der Waals surface area contributed by atoms with E-state index in [0.717, 1.165) is 32.1 Å². The molecule has 0 bridgehead atoms. The van der Waals surface area contributed by atoms with E-state index in [0.29, 0.717) is 16.3 Å². The van der Waals surface area contributed by atoms with Crippen LogP contribution in [0.2, 0.25) is 0 Å². The van der Waals surface area contributed by atoms with Gasteiger partial charge in [-0.25, -0.2) is 13.1 Å². The van der Waals surface area contributed by atoms with Gasteiger partial charge >= 0.3 is 0 Å². The standard InChI is InChI=1S/C14H20BrNO2S/c1-11(15)4-3-9-16-19(17,18)14-8-7-12-5-2-6-13(12)10-14/h7-8,10-11,16H,2-6,9H2,1H3. The molecule has 0 fully saturated rings. The smallest absolute Gasteiger partial charge is 0.211 e. The van der Waals surface area contributed by atoms with Gasteiger partial charge in [-0.05, 0) is 55.4 Å². The first-order chi connectivity index (χ1) is 8.99. The topological polar surface area (TPSA) is 46.2 Å². The molecule has 1 unspecified atom stereocenters. The molecule has 1 aromatic rings. The first kappa shape index (κ1) is 15.0. The number of alkyl halides is 1. The molecule has 2 rings (SSSR count). The molecule has 19 heavy (non-hydrogen) atoms. The van der Waals surface area contributed by atoms with Crippen LogP contribution in [0.1, 0.15) is 37.3 Å². The van der Waals surface area contributed by atoms with E-state index in [1.54, 1.807) is 6.07 Å². The predicted molar refractivity (Wildman–Crippen MR) is 81.3 cm³/mol. The molecule has 0 aliphatic heterocycles. The highest BCUT2D eigenvalue weighted by atomic mass is 79.9. The minimum absolute atomic E-state index is 0.403. The summed E-state index contributed by atoms with van der Waals surface area (Å²) in [5, 5.41) is 0.